The highest BCUT2D eigenvalue weighted by Crippen LogP contribution is 2.35. The van der Waals surface area contributed by atoms with Gasteiger partial charge >= 0.3 is 0 Å². The minimum absolute atomic E-state index is 0.0721. The van der Waals surface area contributed by atoms with E-state index in [-0.39, 0.29) is 11.8 Å². The molecule has 0 saturated carbocycles. The number of fused-ring (bicyclic) bond motifs is 1. The molecule has 1 aromatic carbocycles. The average molecular weight is 273 g/mol. The molecule has 1 unspecified atom stereocenters. The van der Waals surface area contributed by atoms with E-state index in [0.29, 0.717) is 19.1 Å². The Bertz CT molecular complexity index is 625. The third-order valence-corrected chi connectivity index (χ3v) is 3.45. The largest absolute Gasteiger partial charge is 0.383 e. The molecule has 0 aliphatic heterocycles. The second-order valence-electron chi connectivity index (χ2n) is 4.66. The fraction of sp³-hybridized carbons (Fsp3) is 0.385. The van der Waals surface area contributed by atoms with Gasteiger partial charge < -0.3 is 4.74 Å². The molecule has 1 heterocycles. The van der Waals surface area contributed by atoms with E-state index < -0.39 is 0 Å². The van der Waals surface area contributed by atoms with Crippen molar-refractivity contribution in [3.63, 3.8) is 0 Å². The van der Waals surface area contributed by atoms with Gasteiger partial charge in [0.1, 0.15) is 0 Å². The zero-order valence-corrected chi connectivity index (χ0v) is 11.1. The average Bonchev–Trinajstić information content (AvgIpc) is 2.85. The molecule has 0 bridgehead atoms. The minimum Gasteiger partial charge on any atom is -0.383 e. The van der Waals surface area contributed by atoms with Crippen molar-refractivity contribution in [2.45, 2.75) is 18.9 Å². The van der Waals surface area contributed by atoms with E-state index in [1.165, 1.54) is 10.2 Å². The first kappa shape index (κ1) is 12.7. The van der Waals surface area contributed by atoms with E-state index in [1.807, 2.05) is 24.3 Å². The first-order chi connectivity index (χ1) is 9.79. The molecule has 7 heteroatoms. The molecule has 0 saturated heterocycles. The number of hydrogen-bond donors (Lipinski definition) is 1. The lowest BCUT2D eigenvalue weighted by molar-refractivity contribution is -0.118. The molecular weight excluding hydrogens is 258 g/mol. The molecule has 7 nitrogen and oxygen atoms in total. The van der Waals surface area contributed by atoms with Crippen LogP contribution in [-0.4, -0.2) is 39.8 Å². The topological polar surface area (TPSA) is 81.9 Å². The monoisotopic (exact) mass is 273 g/mol. The van der Waals surface area contributed by atoms with Gasteiger partial charge in [-0.15, -0.1) is 0 Å². The zero-order valence-electron chi connectivity index (χ0n) is 11.1. The van der Waals surface area contributed by atoms with Gasteiger partial charge in [-0.3, -0.25) is 10.1 Å². The maximum Gasteiger partial charge on any atom is 0.249 e. The highest BCUT2D eigenvalue weighted by atomic mass is 16.5. The number of nitrogens with one attached hydrogen (secondary N) is 1. The van der Waals surface area contributed by atoms with E-state index in [2.05, 4.69) is 20.8 Å². The van der Waals surface area contributed by atoms with Gasteiger partial charge in [0.05, 0.1) is 19.1 Å². The molecule has 104 valence electrons. The van der Waals surface area contributed by atoms with Crippen LogP contribution in [-0.2, 0) is 22.5 Å². The summed E-state index contributed by atoms with van der Waals surface area (Å²) in [5.74, 6) is 0.173. The van der Waals surface area contributed by atoms with E-state index in [0.717, 1.165) is 12.0 Å². The fourth-order valence-corrected chi connectivity index (χ4v) is 2.31. The van der Waals surface area contributed by atoms with Crippen molar-refractivity contribution >= 4 is 11.9 Å². The molecular formula is C13H15N5O2. The predicted octanol–water partition coefficient (Wildman–Crippen LogP) is 0.598. The Hall–Kier alpha value is -2.28. The van der Waals surface area contributed by atoms with Crippen molar-refractivity contribution < 1.29 is 9.53 Å². The Morgan fingerprint density at radius 3 is 3.15 bits per heavy atom. The molecule has 20 heavy (non-hydrogen) atoms. The van der Waals surface area contributed by atoms with Crippen molar-refractivity contribution in [2.24, 2.45) is 0 Å². The van der Waals surface area contributed by atoms with Gasteiger partial charge in [-0.1, -0.05) is 29.4 Å². The van der Waals surface area contributed by atoms with Gasteiger partial charge in [0.25, 0.3) is 0 Å². The van der Waals surface area contributed by atoms with E-state index >= 15 is 0 Å². The number of anilines is 1. The molecule has 0 radical (unpaired) electrons. The van der Waals surface area contributed by atoms with Gasteiger partial charge in [0.15, 0.2) is 0 Å². The summed E-state index contributed by atoms with van der Waals surface area (Å²) in [6, 6.07) is 7.96. The molecule has 1 aliphatic carbocycles. The van der Waals surface area contributed by atoms with Crippen molar-refractivity contribution in [1.82, 2.24) is 20.2 Å². The predicted molar refractivity (Wildman–Crippen MR) is 71.2 cm³/mol. The number of hydrogen-bond acceptors (Lipinski definition) is 5. The summed E-state index contributed by atoms with van der Waals surface area (Å²) in [5, 5.41) is 14.0. The third kappa shape index (κ3) is 2.27. The summed E-state index contributed by atoms with van der Waals surface area (Å²) in [4.78, 5) is 12.2. The summed E-state index contributed by atoms with van der Waals surface area (Å²) in [6.07, 6.45) is 0.766. The Morgan fingerprint density at radius 2 is 2.35 bits per heavy atom. The summed E-state index contributed by atoms with van der Waals surface area (Å²) in [5.41, 5.74) is 2.31. The number of rotatable bonds is 5. The SMILES string of the molecule is COCCn1nnnc1NC(=O)C1Cc2ccccc21. The molecule has 1 atom stereocenters. The van der Waals surface area contributed by atoms with Gasteiger partial charge in [0.2, 0.25) is 11.9 Å². The quantitative estimate of drug-likeness (QED) is 0.862. The number of tetrazole rings is 1. The zero-order chi connectivity index (χ0) is 13.9. The minimum atomic E-state index is -0.112. The van der Waals surface area contributed by atoms with Gasteiger partial charge in [-0.25, -0.2) is 4.68 Å². The van der Waals surface area contributed by atoms with Crippen molar-refractivity contribution in [3.8, 4) is 0 Å². The van der Waals surface area contributed by atoms with Crippen LogP contribution in [0.3, 0.4) is 0 Å². The molecule has 1 aliphatic rings. The Labute approximate surface area is 115 Å². The van der Waals surface area contributed by atoms with Crippen LogP contribution >= 0.6 is 0 Å². The van der Waals surface area contributed by atoms with Crippen LogP contribution in [0.15, 0.2) is 24.3 Å². The Kier molecular flexibility index (Phi) is 3.42. The van der Waals surface area contributed by atoms with Crippen LogP contribution in [0.2, 0.25) is 0 Å². The normalized spacial score (nSPS) is 16.4. The number of amides is 1. The van der Waals surface area contributed by atoms with E-state index in [1.54, 1.807) is 7.11 Å². The van der Waals surface area contributed by atoms with Crippen LogP contribution in [0, 0.1) is 0 Å². The summed E-state index contributed by atoms with van der Waals surface area (Å²) in [7, 11) is 1.61. The Balaban J connectivity index is 1.67. The lowest BCUT2D eigenvalue weighted by atomic mass is 9.77. The van der Waals surface area contributed by atoms with Crippen LogP contribution in [0.5, 0.6) is 0 Å². The van der Waals surface area contributed by atoms with Gasteiger partial charge in [-0.2, -0.15) is 0 Å². The van der Waals surface area contributed by atoms with Gasteiger partial charge in [-0.05, 0) is 28.0 Å². The maximum absolute atomic E-state index is 12.2. The number of nitrogens with zero attached hydrogens (tertiary/aromatic N) is 4. The summed E-state index contributed by atoms with van der Waals surface area (Å²) in [6.45, 7) is 0.987. The third-order valence-electron chi connectivity index (χ3n) is 3.45. The highest BCUT2D eigenvalue weighted by molar-refractivity contribution is 5.96. The lowest BCUT2D eigenvalue weighted by Gasteiger charge is -2.28. The highest BCUT2D eigenvalue weighted by Gasteiger charge is 2.32. The van der Waals surface area contributed by atoms with E-state index in [9.17, 15) is 4.79 Å². The second kappa shape index (κ2) is 5.38. The van der Waals surface area contributed by atoms with Crippen molar-refractivity contribution in [3.05, 3.63) is 35.4 Å². The number of aromatic nitrogens is 4. The molecule has 3 rings (SSSR count). The molecule has 1 aromatic heterocycles. The first-order valence-electron chi connectivity index (χ1n) is 6.43. The standard InChI is InChI=1S/C13H15N5O2/c1-20-7-6-18-13(15-16-17-18)14-12(19)11-8-9-4-2-3-5-10(9)11/h2-5,11H,6-8H2,1H3,(H,14,15,17,19). The van der Waals surface area contributed by atoms with Crippen molar-refractivity contribution in [1.29, 1.82) is 0 Å². The molecule has 2 aromatic rings. The fourth-order valence-electron chi connectivity index (χ4n) is 2.31. The number of benzene rings is 1. The summed E-state index contributed by atoms with van der Waals surface area (Å²) < 4.78 is 6.49. The number of methoxy groups -OCH3 is 1. The van der Waals surface area contributed by atoms with E-state index in [4.69, 9.17) is 4.74 Å². The van der Waals surface area contributed by atoms with Crippen LogP contribution in [0.1, 0.15) is 17.0 Å². The first-order valence-corrected chi connectivity index (χ1v) is 6.43. The molecule has 0 spiro atoms. The molecule has 1 N–H and O–H groups in total. The lowest BCUT2D eigenvalue weighted by Crippen LogP contribution is -2.31. The maximum atomic E-state index is 12.2. The molecule has 0 fully saturated rings. The number of carbonyl (C=O) groups excluding carboxylic acids is 1. The van der Waals surface area contributed by atoms with Crippen LogP contribution in [0.25, 0.3) is 0 Å². The van der Waals surface area contributed by atoms with Crippen molar-refractivity contribution in [2.75, 3.05) is 19.0 Å². The second-order valence-corrected chi connectivity index (χ2v) is 4.66. The number of carbonyl (C=O) groups is 1. The summed E-state index contributed by atoms with van der Waals surface area (Å²) >= 11 is 0. The van der Waals surface area contributed by atoms with Crippen LogP contribution in [0.4, 0.5) is 5.95 Å². The van der Waals surface area contributed by atoms with Gasteiger partial charge in [0, 0.05) is 7.11 Å². The molecule has 1 amide bonds. The number of ether oxygens (including phenoxy) is 1. The Morgan fingerprint density at radius 1 is 1.50 bits per heavy atom. The van der Waals surface area contributed by atoms with Crippen LogP contribution < -0.4 is 5.32 Å². The smallest absolute Gasteiger partial charge is 0.249 e.